The van der Waals surface area contributed by atoms with Crippen molar-refractivity contribution in [3.63, 3.8) is 0 Å². The Bertz CT molecular complexity index is 494. The van der Waals surface area contributed by atoms with E-state index in [0.717, 1.165) is 16.6 Å². The molecule has 0 radical (unpaired) electrons. The van der Waals surface area contributed by atoms with Crippen LogP contribution >= 0.6 is 0 Å². The van der Waals surface area contributed by atoms with E-state index in [-0.39, 0.29) is 6.61 Å². The number of benzene rings is 1. The maximum atomic E-state index is 9.17. The minimum atomic E-state index is -0.0301. The van der Waals surface area contributed by atoms with E-state index >= 15 is 0 Å². The summed E-state index contributed by atoms with van der Waals surface area (Å²) in [5, 5.41) is 14.7. The number of aliphatic hydroxyl groups is 1. The van der Waals surface area contributed by atoms with Gasteiger partial charge in [0, 0.05) is 11.4 Å². The lowest BCUT2D eigenvalue weighted by Crippen LogP contribution is -2.12. The van der Waals surface area contributed by atoms with Crippen molar-refractivity contribution < 1.29 is 5.11 Å². The first-order valence-electron chi connectivity index (χ1n) is 5.47. The zero-order valence-electron chi connectivity index (χ0n) is 9.57. The fourth-order valence-electron chi connectivity index (χ4n) is 1.72. The van der Waals surface area contributed by atoms with E-state index in [1.54, 1.807) is 0 Å². The van der Waals surface area contributed by atoms with E-state index in [4.69, 9.17) is 5.11 Å². The highest BCUT2D eigenvalue weighted by molar-refractivity contribution is 5.92. The second-order valence-corrected chi connectivity index (χ2v) is 4.14. The number of fused-ring (bicyclic) bond motifs is 1. The van der Waals surface area contributed by atoms with Crippen molar-refractivity contribution >= 4 is 16.6 Å². The van der Waals surface area contributed by atoms with E-state index in [1.807, 2.05) is 30.3 Å². The standard InChI is InChI=1S/C13H16N2O/c1-9(2)14-13-12-6-4-3-5-10(12)7-11(8-16)15-13/h3-7,9,16H,8H2,1-2H3,(H,14,15). The predicted octanol–water partition coefficient (Wildman–Crippen LogP) is 2.55. The fraction of sp³-hybridized carbons (Fsp3) is 0.308. The molecule has 0 spiro atoms. The van der Waals surface area contributed by atoms with Crippen LogP contribution in [0.2, 0.25) is 0 Å². The molecule has 1 heterocycles. The average molecular weight is 216 g/mol. The van der Waals surface area contributed by atoms with Gasteiger partial charge in [0.15, 0.2) is 0 Å². The largest absolute Gasteiger partial charge is 0.390 e. The number of rotatable bonds is 3. The molecule has 3 heteroatoms. The topological polar surface area (TPSA) is 45.2 Å². The van der Waals surface area contributed by atoms with Crippen LogP contribution in [0.3, 0.4) is 0 Å². The van der Waals surface area contributed by atoms with Crippen LogP contribution in [0.5, 0.6) is 0 Å². The molecule has 0 aliphatic carbocycles. The van der Waals surface area contributed by atoms with E-state index < -0.39 is 0 Å². The van der Waals surface area contributed by atoms with Crippen LogP contribution in [-0.2, 0) is 6.61 Å². The summed E-state index contributed by atoms with van der Waals surface area (Å²) in [5.74, 6) is 0.845. The lowest BCUT2D eigenvalue weighted by Gasteiger charge is -2.13. The van der Waals surface area contributed by atoms with Gasteiger partial charge in [0.05, 0.1) is 12.3 Å². The monoisotopic (exact) mass is 216 g/mol. The highest BCUT2D eigenvalue weighted by atomic mass is 16.3. The van der Waals surface area contributed by atoms with Crippen molar-refractivity contribution in [2.75, 3.05) is 5.32 Å². The first-order chi connectivity index (χ1) is 7.70. The minimum absolute atomic E-state index is 0.0301. The third kappa shape index (κ3) is 2.14. The average Bonchev–Trinajstić information content (AvgIpc) is 2.28. The van der Waals surface area contributed by atoms with E-state index in [1.165, 1.54) is 0 Å². The van der Waals surface area contributed by atoms with Crippen molar-refractivity contribution in [3.05, 3.63) is 36.0 Å². The van der Waals surface area contributed by atoms with Crippen LogP contribution in [0.1, 0.15) is 19.5 Å². The molecule has 3 nitrogen and oxygen atoms in total. The molecular weight excluding hydrogens is 200 g/mol. The molecule has 0 saturated carbocycles. The zero-order chi connectivity index (χ0) is 11.5. The molecule has 1 aromatic carbocycles. The van der Waals surface area contributed by atoms with Gasteiger partial charge in [-0.25, -0.2) is 4.98 Å². The summed E-state index contributed by atoms with van der Waals surface area (Å²) in [7, 11) is 0. The number of hydrogen-bond donors (Lipinski definition) is 2. The van der Waals surface area contributed by atoms with E-state index in [0.29, 0.717) is 11.7 Å². The molecular formula is C13H16N2O. The number of nitrogens with zero attached hydrogens (tertiary/aromatic N) is 1. The summed E-state index contributed by atoms with van der Waals surface area (Å²) in [5.41, 5.74) is 0.696. The Balaban J connectivity index is 2.59. The Morgan fingerprint density at radius 3 is 2.75 bits per heavy atom. The predicted molar refractivity (Wildman–Crippen MR) is 66.4 cm³/mol. The molecule has 16 heavy (non-hydrogen) atoms. The van der Waals surface area contributed by atoms with Gasteiger partial charge >= 0.3 is 0 Å². The second kappa shape index (κ2) is 4.49. The molecule has 2 N–H and O–H groups in total. The summed E-state index contributed by atoms with van der Waals surface area (Å²) >= 11 is 0. The van der Waals surface area contributed by atoms with Crippen LogP contribution in [-0.4, -0.2) is 16.1 Å². The van der Waals surface area contributed by atoms with E-state index in [9.17, 15) is 0 Å². The number of aliphatic hydroxyl groups excluding tert-OH is 1. The van der Waals surface area contributed by atoms with Gasteiger partial charge in [-0.15, -0.1) is 0 Å². The smallest absolute Gasteiger partial charge is 0.134 e. The number of hydrogen-bond acceptors (Lipinski definition) is 3. The Morgan fingerprint density at radius 1 is 1.31 bits per heavy atom. The molecule has 0 saturated heterocycles. The summed E-state index contributed by atoms with van der Waals surface area (Å²) in [4.78, 5) is 4.40. The highest BCUT2D eigenvalue weighted by Crippen LogP contribution is 2.23. The molecule has 2 rings (SSSR count). The van der Waals surface area contributed by atoms with Gasteiger partial charge in [0.2, 0.25) is 0 Å². The maximum absolute atomic E-state index is 9.17. The Hall–Kier alpha value is -1.61. The molecule has 84 valence electrons. The van der Waals surface area contributed by atoms with Crippen LogP contribution < -0.4 is 5.32 Å². The van der Waals surface area contributed by atoms with Crippen molar-refractivity contribution in [2.24, 2.45) is 0 Å². The first-order valence-corrected chi connectivity index (χ1v) is 5.47. The summed E-state index contributed by atoms with van der Waals surface area (Å²) in [6, 6.07) is 10.3. The van der Waals surface area contributed by atoms with Gasteiger partial charge in [-0.2, -0.15) is 0 Å². The number of anilines is 1. The second-order valence-electron chi connectivity index (χ2n) is 4.14. The van der Waals surface area contributed by atoms with Gasteiger partial charge in [0.1, 0.15) is 5.82 Å². The van der Waals surface area contributed by atoms with E-state index in [2.05, 4.69) is 24.1 Å². The van der Waals surface area contributed by atoms with Crippen molar-refractivity contribution in [2.45, 2.75) is 26.5 Å². The third-order valence-corrected chi connectivity index (χ3v) is 2.38. The normalized spacial score (nSPS) is 11.0. The Kier molecular flexibility index (Phi) is 3.06. The third-order valence-electron chi connectivity index (χ3n) is 2.38. The number of nitrogens with one attached hydrogen (secondary N) is 1. The Labute approximate surface area is 95.1 Å². The van der Waals surface area contributed by atoms with Crippen molar-refractivity contribution in [1.29, 1.82) is 0 Å². The molecule has 0 fully saturated rings. The SMILES string of the molecule is CC(C)Nc1nc(CO)cc2ccccc12. The molecule has 0 bridgehead atoms. The van der Waals surface area contributed by atoms with Crippen molar-refractivity contribution in [3.8, 4) is 0 Å². The molecule has 0 atom stereocenters. The molecule has 0 unspecified atom stereocenters. The molecule has 0 amide bonds. The van der Waals surface area contributed by atoms with Gasteiger partial charge in [-0.3, -0.25) is 0 Å². The number of pyridine rings is 1. The fourth-order valence-corrected chi connectivity index (χ4v) is 1.72. The van der Waals surface area contributed by atoms with Crippen LogP contribution in [0.4, 0.5) is 5.82 Å². The zero-order valence-corrected chi connectivity index (χ0v) is 9.57. The summed E-state index contributed by atoms with van der Waals surface area (Å²) < 4.78 is 0. The lowest BCUT2D eigenvalue weighted by molar-refractivity contribution is 0.277. The molecule has 2 aromatic rings. The summed E-state index contributed by atoms with van der Waals surface area (Å²) in [6.45, 7) is 4.11. The van der Waals surface area contributed by atoms with Gasteiger partial charge in [-0.05, 0) is 25.3 Å². The first kappa shape index (κ1) is 10.9. The van der Waals surface area contributed by atoms with Gasteiger partial charge in [-0.1, -0.05) is 24.3 Å². The minimum Gasteiger partial charge on any atom is -0.390 e. The molecule has 0 aliphatic rings. The van der Waals surface area contributed by atoms with Crippen LogP contribution in [0.25, 0.3) is 10.8 Å². The molecule has 0 aliphatic heterocycles. The van der Waals surface area contributed by atoms with Gasteiger partial charge in [0.25, 0.3) is 0 Å². The number of aromatic nitrogens is 1. The Morgan fingerprint density at radius 2 is 2.06 bits per heavy atom. The van der Waals surface area contributed by atoms with Crippen LogP contribution in [0.15, 0.2) is 30.3 Å². The maximum Gasteiger partial charge on any atom is 0.134 e. The van der Waals surface area contributed by atoms with Crippen molar-refractivity contribution in [1.82, 2.24) is 4.98 Å². The van der Waals surface area contributed by atoms with Gasteiger partial charge < -0.3 is 10.4 Å². The molecule has 1 aromatic heterocycles. The quantitative estimate of drug-likeness (QED) is 0.828. The lowest BCUT2D eigenvalue weighted by atomic mass is 10.1. The van der Waals surface area contributed by atoms with Crippen LogP contribution in [0, 0.1) is 0 Å². The highest BCUT2D eigenvalue weighted by Gasteiger charge is 2.05. The summed E-state index contributed by atoms with van der Waals surface area (Å²) in [6.07, 6.45) is 0.